The summed E-state index contributed by atoms with van der Waals surface area (Å²) in [6, 6.07) is 5.00. The number of anilines is 1. The number of benzene rings is 2. The van der Waals surface area contributed by atoms with Crippen molar-refractivity contribution in [2.24, 2.45) is 0 Å². The summed E-state index contributed by atoms with van der Waals surface area (Å²) in [4.78, 5) is 23.8. The fourth-order valence-electron chi connectivity index (χ4n) is 2.27. The number of carbonyl (C=O) groups excluding carboxylic acids is 2. The van der Waals surface area contributed by atoms with Gasteiger partial charge in [-0.1, -0.05) is 23.7 Å². The molecule has 0 bridgehead atoms. The summed E-state index contributed by atoms with van der Waals surface area (Å²) < 4.78 is 148. The lowest BCUT2D eigenvalue weighted by atomic mass is 10.2. The third-order valence-corrected chi connectivity index (χ3v) is 4.36. The molecule has 0 aliphatic rings. The van der Waals surface area contributed by atoms with E-state index < -0.39 is 59.9 Å². The summed E-state index contributed by atoms with van der Waals surface area (Å²) in [5, 5.41) is 3.50. The topological polar surface area (TPSA) is 76.7 Å². The molecule has 1 unspecified atom stereocenters. The molecule has 0 saturated carbocycles. The van der Waals surface area contributed by atoms with E-state index >= 15 is 0 Å². The Kier molecular flexibility index (Phi) is 8.54. The number of imide groups is 1. The zero-order valence-corrected chi connectivity index (χ0v) is 18.0. The summed E-state index contributed by atoms with van der Waals surface area (Å²) in [6.45, 7) is 0. The molecule has 18 heteroatoms. The van der Waals surface area contributed by atoms with Gasteiger partial charge in [-0.05, 0) is 24.3 Å². The number of nitrogens with one attached hydrogen (secondary N) is 2. The highest BCUT2D eigenvalue weighted by atomic mass is 35.5. The predicted molar refractivity (Wildman–Crippen MR) is 102 cm³/mol. The molecule has 37 heavy (non-hydrogen) atoms. The maximum Gasteiger partial charge on any atom is 0.462 e. The fourth-order valence-corrected chi connectivity index (χ4v) is 2.49. The van der Waals surface area contributed by atoms with Gasteiger partial charge in [-0.2, -0.15) is 39.5 Å². The number of rotatable bonds is 8. The van der Waals surface area contributed by atoms with Gasteiger partial charge in [0.25, 0.3) is 5.91 Å². The first-order valence-corrected chi connectivity index (χ1v) is 9.54. The van der Waals surface area contributed by atoms with Crippen LogP contribution in [0.3, 0.4) is 0 Å². The molecule has 6 nitrogen and oxygen atoms in total. The first-order chi connectivity index (χ1) is 16.8. The van der Waals surface area contributed by atoms with Gasteiger partial charge in [0.1, 0.15) is 11.6 Å². The van der Waals surface area contributed by atoms with Crippen molar-refractivity contribution in [3.05, 3.63) is 58.9 Å². The van der Waals surface area contributed by atoms with Crippen LogP contribution in [-0.4, -0.2) is 42.6 Å². The maximum absolute atomic E-state index is 14.1. The summed E-state index contributed by atoms with van der Waals surface area (Å²) in [5.74, 6) is -11.0. The summed E-state index contributed by atoms with van der Waals surface area (Å²) >= 11 is 5.77. The third kappa shape index (κ3) is 6.91. The first-order valence-electron chi connectivity index (χ1n) is 9.16. The number of hydrogen-bond acceptors (Lipinski definition) is 4. The van der Waals surface area contributed by atoms with E-state index in [4.69, 9.17) is 11.6 Å². The molecule has 0 aromatic heterocycles. The number of urea groups is 1. The van der Waals surface area contributed by atoms with Gasteiger partial charge >= 0.3 is 36.7 Å². The Morgan fingerprint density at radius 1 is 0.919 bits per heavy atom. The average Bonchev–Trinajstić information content (AvgIpc) is 2.74. The smallest absolute Gasteiger partial charge is 0.428 e. The molecule has 0 fully saturated rings. The molecule has 3 amide bonds. The molecule has 0 heterocycles. The Bertz CT molecular complexity index is 1160. The molecular weight excluding hydrogens is 565 g/mol. The Hall–Kier alpha value is -3.34. The zero-order chi connectivity index (χ0) is 28.4. The zero-order valence-electron chi connectivity index (χ0n) is 17.3. The molecule has 1 atom stereocenters. The normalized spacial score (nSPS) is 13.6. The standard InChI is InChI=1S/C19H10ClF11N2O4/c20-10-4-2-1-3-9(10)13(34)33-15(35)32-12-6-5-8(7-11(12)21)36-16(23,24)14(22)37-19(30,31)17(25,26)18(27,28)29/h1-7,14H,(H2,32,33,34,35). The van der Waals surface area contributed by atoms with Gasteiger partial charge in [-0.15, -0.1) is 0 Å². The van der Waals surface area contributed by atoms with E-state index in [0.29, 0.717) is 12.1 Å². The summed E-state index contributed by atoms with van der Waals surface area (Å²) in [6.07, 6.45) is -24.3. The van der Waals surface area contributed by atoms with Crippen molar-refractivity contribution in [2.45, 2.75) is 30.7 Å². The van der Waals surface area contributed by atoms with E-state index in [1.165, 1.54) is 24.3 Å². The second-order valence-corrected chi connectivity index (χ2v) is 7.12. The van der Waals surface area contributed by atoms with Crippen LogP contribution < -0.4 is 15.4 Å². The van der Waals surface area contributed by atoms with Crippen LogP contribution in [0, 0.1) is 5.82 Å². The van der Waals surface area contributed by atoms with Crippen LogP contribution in [0.15, 0.2) is 42.5 Å². The van der Waals surface area contributed by atoms with E-state index in [0.717, 1.165) is 0 Å². The van der Waals surface area contributed by atoms with Crippen LogP contribution in [0.4, 0.5) is 58.8 Å². The highest BCUT2D eigenvalue weighted by molar-refractivity contribution is 6.34. The Morgan fingerprint density at radius 3 is 2.05 bits per heavy atom. The SMILES string of the molecule is O=C(NC(=O)c1ccccc1Cl)Nc1ccc(OC(F)(F)C(F)OC(F)(F)C(F)(F)C(F)(F)F)cc1F. The molecule has 2 aromatic carbocycles. The lowest BCUT2D eigenvalue weighted by Gasteiger charge is -2.30. The van der Waals surface area contributed by atoms with Crippen LogP contribution in [0.1, 0.15) is 10.4 Å². The first kappa shape index (κ1) is 29.9. The second-order valence-electron chi connectivity index (χ2n) is 6.72. The molecule has 0 aliphatic heterocycles. The number of halogens is 12. The molecule has 204 valence electrons. The largest absolute Gasteiger partial charge is 0.462 e. The van der Waals surface area contributed by atoms with Crippen LogP contribution in [0.5, 0.6) is 5.75 Å². The van der Waals surface area contributed by atoms with Crippen molar-refractivity contribution in [2.75, 3.05) is 5.32 Å². The highest BCUT2D eigenvalue weighted by Gasteiger charge is 2.76. The van der Waals surface area contributed by atoms with Crippen molar-refractivity contribution in [3.8, 4) is 5.75 Å². The van der Waals surface area contributed by atoms with E-state index in [1.54, 1.807) is 10.6 Å². The lowest BCUT2D eigenvalue weighted by molar-refractivity contribution is -0.460. The van der Waals surface area contributed by atoms with E-state index in [1.807, 2.05) is 0 Å². The second kappa shape index (κ2) is 10.6. The van der Waals surface area contributed by atoms with Crippen LogP contribution in [0.2, 0.25) is 5.02 Å². The number of alkyl halides is 10. The minimum atomic E-state index is -7.06. The van der Waals surface area contributed by atoms with Gasteiger partial charge in [0, 0.05) is 6.07 Å². The van der Waals surface area contributed by atoms with Crippen molar-refractivity contribution in [1.82, 2.24) is 5.32 Å². The van der Waals surface area contributed by atoms with Gasteiger partial charge in [-0.3, -0.25) is 14.8 Å². The molecular formula is C19H10ClF11N2O4. The lowest BCUT2D eigenvalue weighted by Crippen LogP contribution is -2.56. The maximum atomic E-state index is 14.1. The van der Waals surface area contributed by atoms with Crippen molar-refractivity contribution in [1.29, 1.82) is 0 Å². The molecule has 2 aromatic rings. The monoisotopic (exact) mass is 574 g/mol. The fraction of sp³-hybridized carbons (Fsp3) is 0.263. The van der Waals surface area contributed by atoms with Crippen molar-refractivity contribution < 1.29 is 67.4 Å². The third-order valence-electron chi connectivity index (χ3n) is 4.03. The molecule has 2 rings (SSSR count). The van der Waals surface area contributed by atoms with E-state index in [9.17, 15) is 57.9 Å². The molecule has 0 aliphatic carbocycles. The Morgan fingerprint density at radius 2 is 1.51 bits per heavy atom. The summed E-state index contributed by atoms with van der Waals surface area (Å²) in [5.41, 5.74) is -0.933. The number of hydrogen-bond donors (Lipinski definition) is 2. The molecule has 0 radical (unpaired) electrons. The van der Waals surface area contributed by atoms with Crippen molar-refractivity contribution in [3.63, 3.8) is 0 Å². The van der Waals surface area contributed by atoms with Gasteiger partial charge in [0.15, 0.2) is 0 Å². The van der Waals surface area contributed by atoms with Crippen molar-refractivity contribution >= 4 is 29.2 Å². The minimum Gasteiger partial charge on any atom is -0.428 e. The van der Waals surface area contributed by atoms with Gasteiger partial charge in [-0.25, -0.2) is 13.6 Å². The van der Waals surface area contributed by atoms with Gasteiger partial charge in [0.2, 0.25) is 0 Å². The Labute approximate surface area is 203 Å². The molecule has 2 N–H and O–H groups in total. The van der Waals surface area contributed by atoms with Gasteiger partial charge < -0.3 is 10.1 Å². The van der Waals surface area contributed by atoms with Crippen LogP contribution >= 0.6 is 11.6 Å². The summed E-state index contributed by atoms with van der Waals surface area (Å²) in [7, 11) is 0. The minimum absolute atomic E-state index is 0.0224. The Balaban J connectivity index is 2.07. The predicted octanol–water partition coefficient (Wildman–Crippen LogP) is 6.52. The quantitative estimate of drug-likeness (QED) is 0.352. The average molecular weight is 575 g/mol. The van der Waals surface area contributed by atoms with E-state index in [2.05, 4.69) is 9.47 Å². The number of ether oxygens (including phenoxy) is 2. The molecule has 0 spiro atoms. The van der Waals surface area contributed by atoms with Crippen LogP contribution in [0.25, 0.3) is 0 Å². The highest BCUT2D eigenvalue weighted by Crippen LogP contribution is 2.48. The number of amides is 3. The van der Waals surface area contributed by atoms with Crippen LogP contribution in [-0.2, 0) is 4.74 Å². The number of carbonyl (C=O) groups is 2. The molecule has 0 saturated heterocycles. The van der Waals surface area contributed by atoms with E-state index in [-0.39, 0.29) is 16.7 Å². The van der Waals surface area contributed by atoms with Gasteiger partial charge in [0.05, 0.1) is 16.3 Å².